The number of rotatable bonds is 69. The Balaban J connectivity index is 0.000000730. The van der Waals surface area contributed by atoms with Gasteiger partial charge in [0.2, 0.25) is 29.5 Å². The van der Waals surface area contributed by atoms with Gasteiger partial charge < -0.3 is 64.5 Å². The molecular weight excluding hydrogens is 1780 g/mol. The normalized spacial score (nSPS) is 17.6. The van der Waals surface area contributed by atoms with Gasteiger partial charge in [0.1, 0.15) is 5.78 Å². The Kier molecular flexibility index (Phi) is 66.0. The zero-order valence-electron chi connectivity index (χ0n) is 91.9. The molecule has 0 aromatic rings. The highest BCUT2D eigenvalue weighted by Crippen LogP contribution is 2.44. The van der Waals surface area contributed by atoms with Crippen molar-refractivity contribution in [1.29, 1.82) is 0 Å². The molecule has 4 aliphatic carbocycles. The lowest BCUT2D eigenvalue weighted by molar-refractivity contribution is -0.128. The Morgan fingerprint density at radius 3 is 1.04 bits per heavy atom. The number of allylic oxidation sites excluding steroid dienone is 37. The van der Waals surface area contributed by atoms with Crippen LogP contribution in [0.4, 0.5) is 0 Å². The van der Waals surface area contributed by atoms with Crippen LogP contribution in [0.3, 0.4) is 0 Å². The van der Waals surface area contributed by atoms with Crippen LogP contribution in [0.2, 0.25) is 0 Å². The first-order valence-electron chi connectivity index (χ1n) is 52.9. The molecule has 5 N–H and O–H groups in total. The number of hydrogen-bond donors (Lipinski definition) is 5. The summed E-state index contributed by atoms with van der Waals surface area (Å²) in [5.74, 6) is -1.51. The first-order chi connectivity index (χ1) is 67.7. The van der Waals surface area contributed by atoms with Crippen molar-refractivity contribution in [2.75, 3.05) is 132 Å². The zero-order chi connectivity index (χ0) is 105. The molecule has 0 radical (unpaired) electrons. The van der Waals surface area contributed by atoms with Crippen molar-refractivity contribution >= 4 is 46.9 Å². The van der Waals surface area contributed by atoms with Crippen LogP contribution in [0.1, 0.15) is 313 Å². The molecule has 2 atom stereocenters. The highest BCUT2D eigenvalue weighted by atomic mass is 16.5. The predicted octanol–water partition coefficient (Wildman–Crippen LogP) is 24.6. The van der Waals surface area contributed by atoms with Crippen molar-refractivity contribution in [2.24, 2.45) is 27.6 Å². The maximum absolute atomic E-state index is 13.5. The molecule has 21 nitrogen and oxygen atoms in total. The average Bonchev–Trinajstić information content (AvgIpc) is 0.833. The minimum Gasteiger partial charge on any atom is -0.379 e. The average molecular weight is 1970 g/mol. The lowest BCUT2D eigenvalue weighted by atomic mass is 9.72. The number of ketones is 3. The second-order valence-corrected chi connectivity index (χ2v) is 41.1. The second-order valence-electron chi connectivity index (χ2n) is 41.1. The summed E-state index contributed by atoms with van der Waals surface area (Å²) in [5.41, 5.74) is 20.1. The Labute approximate surface area is 858 Å². The van der Waals surface area contributed by atoms with Crippen LogP contribution in [0.5, 0.6) is 0 Å². The highest BCUT2D eigenvalue weighted by Gasteiger charge is 2.31. The lowest BCUT2D eigenvalue weighted by Crippen LogP contribution is -2.40. The summed E-state index contributed by atoms with van der Waals surface area (Å²) >= 11 is 0. The first kappa shape index (κ1) is 127. The smallest absolute Gasteiger partial charge is 0.244 e. The minimum absolute atomic E-state index is 0.0637. The number of ether oxygens (including phenoxy) is 8. The molecule has 0 saturated carbocycles. The van der Waals surface area contributed by atoms with E-state index in [0.717, 1.165) is 63.8 Å². The van der Waals surface area contributed by atoms with E-state index in [4.69, 9.17) is 37.9 Å². The topological polar surface area (TPSA) is 271 Å². The summed E-state index contributed by atoms with van der Waals surface area (Å²) in [6.07, 6.45) is 68.3. The van der Waals surface area contributed by atoms with Crippen LogP contribution in [0.25, 0.3) is 0 Å². The van der Waals surface area contributed by atoms with Crippen LogP contribution in [-0.4, -0.2) is 185 Å². The quantitative estimate of drug-likeness (QED) is 0.0215. The molecule has 0 aromatic carbocycles. The number of hydrogen-bond acceptors (Lipinski definition) is 16. The molecular formula is C121H187N5O16. The van der Waals surface area contributed by atoms with Crippen molar-refractivity contribution in [3.8, 4) is 0 Å². The Morgan fingerprint density at radius 1 is 0.324 bits per heavy atom. The van der Waals surface area contributed by atoms with E-state index >= 15 is 0 Å². The number of nitrogens with one attached hydrogen (secondary N) is 5. The van der Waals surface area contributed by atoms with Crippen LogP contribution < -0.4 is 26.6 Å². The predicted molar refractivity (Wildman–Crippen MR) is 585 cm³/mol. The summed E-state index contributed by atoms with van der Waals surface area (Å²) < 4.78 is 43.8. The van der Waals surface area contributed by atoms with Crippen molar-refractivity contribution in [3.05, 3.63) is 235 Å². The molecule has 5 amide bonds. The van der Waals surface area contributed by atoms with Gasteiger partial charge in [-0.05, 0) is 291 Å². The number of Topliss-reactive ketones (excluding diaryl/α,β-unsaturated/α-hetero) is 2. The van der Waals surface area contributed by atoms with E-state index in [0.29, 0.717) is 196 Å². The second kappa shape index (κ2) is 73.8. The van der Waals surface area contributed by atoms with Gasteiger partial charge >= 0.3 is 0 Å². The van der Waals surface area contributed by atoms with Crippen molar-refractivity contribution < 1.29 is 76.3 Å². The van der Waals surface area contributed by atoms with Crippen LogP contribution >= 0.6 is 0 Å². The van der Waals surface area contributed by atoms with Crippen molar-refractivity contribution in [2.45, 2.75) is 319 Å². The van der Waals surface area contributed by atoms with Gasteiger partial charge in [-0.3, -0.25) is 38.4 Å². The van der Waals surface area contributed by atoms with E-state index in [9.17, 15) is 38.4 Å². The van der Waals surface area contributed by atoms with Crippen LogP contribution in [0, 0.1) is 27.6 Å². The summed E-state index contributed by atoms with van der Waals surface area (Å²) in [5, 5.41) is 14.7. The maximum atomic E-state index is 13.5. The van der Waals surface area contributed by atoms with Gasteiger partial charge in [0.15, 0.2) is 11.6 Å². The largest absolute Gasteiger partial charge is 0.379 e. The third kappa shape index (κ3) is 59.3. The third-order valence-corrected chi connectivity index (χ3v) is 26.0. The molecule has 4 aliphatic rings. The molecule has 0 fully saturated rings. The fourth-order valence-corrected chi connectivity index (χ4v) is 17.7. The number of unbranched alkanes of at least 4 members (excludes halogenated alkanes) is 2. The highest BCUT2D eigenvalue weighted by molar-refractivity contribution is 5.95. The van der Waals surface area contributed by atoms with Crippen molar-refractivity contribution in [1.82, 2.24) is 26.6 Å². The summed E-state index contributed by atoms with van der Waals surface area (Å²) in [7, 11) is 0. The van der Waals surface area contributed by atoms with Crippen molar-refractivity contribution in [3.63, 3.8) is 0 Å². The van der Waals surface area contributed by atoms with E-state index in [2.05, 4.69) is 198 Å². The van der Waals surface area contributed by atoms with Crippen LogP contribution in [0.15, 0.2) is 235 Å². The molecule has 0 heterocycles. The molecule has 0 aliphatic heterocycles. The fourth-order valence-electron chi connectivity index (χ4n) is 17.7. The standard InChI is InChI=1S/C61H94N2O8.C60H93N3O8/c1-12-68-40-41-70-38-32-54(64)27-19-37-69-42-43-71-39-36-63-59(67)53(46-55(65)44-49(4)22-15-20-47(2)28-30-56-51(6)24-17-33-60(56,8)9)26-13-14-35-62-58(66)45-50(5)23-16-21-48(3)29-31-57-52(7)25-18-34-61(57,10)11;1-12-68-40-41-70-38-32-56(65)62-36-39-71-43-42-69-37-19-27-55(64)54(63-58(67)45-49(5)23-16-21-47(3)29-31-53-51(7)25-18-34-60(53,10)11)26-13-14-35-61-57(66)44-48(4)22-15-20-46(2)28-30-52-50(6)24-17-33-59(52,8)9/h15-16,20-23,28-31,44-45,53H,12-14,17-19,24-27,32-43,46H2,1-11H3,(H,62,66)(H,63,67);15-16,20-23,28-31,44-45,54H,12-14,17-19,24-27,32-43H2,1-11H3,(H,61,66)(H,62,65)(H,63,67)/b22-15+,23-16+,30-28+,31-29+,47-20+,48-21+,49-44+,50-45+;22-15+,23-16+,30-28+,31-29+,46-20+,47-21+,48-44+,49-45+/t53-;54-/m01/s1. The van der Waals surface area contributed by atoms with E-state index in [1.165, 1.54) is 108 Å². The molecule has 792 valence electrons. The van der Waals surface area contributed by atoms with E-state index < -0.39 is 12.0 Å². The van der Waals surface area contributed by atoms with E-state index in [1.54, 1.807) is 18.2 Å². The minimum atomic E-state index is -0.672. The monoisotopic (exact) mass is 1970 g/mol. The molecule has 0 bridgehead atoms. The van der Waals surface area contributed by atoms with Gasteiger partial charge in [-0.15, -0.1) is 0 Å². The van der Waals surface area contributed by atoms with Gasteiger partial charge in [-0.2, -0.15) is 0 Å². The summed E-state index contributed by atoms with van der Waals surface area (Å²) in [4.78, 5) is 103. The first-order valence-corrected chi connectivity index (χ1v) is 52.9. The molecule has 0 unspecified atom stereocenters. The van der Waals surface area contributed by atoms with Gasteiger partial charge in [0.25, 0.3) is 0 Å². The van der Waals surface area contributed by atoms with Gasteiger partial charge in [0, 0.05) is 109 Å². The molecule has 0 aromatic heterocycles. The lowest BCUT2D eigenvalue weighted by Gasteiger charge is -2.33. The molecule has 21 heteroatoms. The number of carbonyl (C=O) groups is 8. The van der Waals surface area contributed by atoms with E-state index in [1.807, 2.05) is 102 Å². The van der Waals surface area contributed by atoms with E-state index in [-0.39, 0.29) is 87.8 Å². The summed E-state index contributed by atoms with van der Waals surface area (Å²) in [6.45, 7) is 55.9. The molecule has 4 rings (SSSR count). The molecule has 142 heavy (non-hydrogen) atoms. The number of amides is 5. The van der Waals surface area contributed by atoms with Crippen LogP contribution in [-0.2, 0) is 76.3 Å². The van der Waals surface area contributed by atoms with Gasteiger partial charge in [-0.1, -0.05) is 228 Å². The Hall–Kier alpha value is -9.16. The number of carbonyl (C=O) groups excluding carboxylic acids is 8. The molecule has 0 spiro atoms. The Morgan fingerprint density at radius 2 is 0.655 bits per heavy atom. The third-order valence-electron chi connectivity index (χ3n) is 26.0. The summed E-state index contributed by atoms with van der Waals surface area (Å²) in [6, 6.07) is -0.672. The van der Waals surface area contributed by atoms with Gasteiger partial charge in [-0.25, -0.2) is 0 Å². The zero-order valence-corrected chi connectivity index (χ0v) is 91.9. The Bertz CT molecular complexity index is 4290. The SMILES string of the molecule is CCOCCOCCC(=O)CCCOCCOCCNC(=O)[C@@H](CCCCNC(=O)/C=C(C)/C=C/C=C(C)/C=C/C1=C(C)CCCC1(C)C)CC(=O)/C=C(C)/C=C/C=C(C)/C=C/C1=C(C)CCCC1(C)C.CCOCCOCCC(=O)NCCOCCOCCCC(=O)[C@@H](CCCCNC(=O)/C=C(C)/C=C/C=C(C)/C=C/C1=C(C)CCCC1(C)C)NC(=O)/C=C(C)/C=C/C=C(C)/C=C/C1=C(C)CCCC1(C)C. The maximum Gasteiger partial charge on any atom is 0.244 e. The molecule has 0 saturated heterocycles. The fraction of sp³-hybridized carbons (Fsp3) is 0.603. The van der Waals surface area contributed by atoms with Gasteiger partial charge in [0.05, 0.1) is 85.3 Å².